The van der Waals surface area contributed by atoms with Crippen molar-refractivity contribution in [3.63, 3.8) is 0 Å². The number of carbonyl (C=O) groups is 2. The number of nitrogens with one attached hydrogen (secondary N) is 3. The van der Waals surface area contributed by atoms with E-state index in [4.69, 9.17) is 0 Å². The van der Waals surface area contributed by atoms with Gasteiger partial charge in [0.05, 0.1) is 6.04 Å². The Hall–Kier alpha value is -1.14. The van der Waals surface area contributed by atoms with Crippen molar-refractivity contribution in [1.29, 1.82) is 0 Å². The summed E-state index contributed by atoms with van der Waals surface area (Å²) in [5.41, 5.74) is 0. The summed E-state index contributed by atoms with van der Waals surface area (Å²) in [4.78, 5) is 25.8. The summed E-state index contributed by atoms with van der Waals surface area (Å²) >= 11 is 0. The van der Waals surface area contributed by atoms with Crippen molar-refractivity contribution in [2.24, 2.45) is 0 Å². The highest BCUT2D eigenvalue weighted by atomic mass is 16.2. The summed E-state index contributed by atoms with van der Waals surface area (Å²) in [5, 5.41) is 8.85. The van der Waals surface area contributed by atoms with Gasteiger partial charge >= 0.3 is 0 Å². The summed E-state index contributed by atoms with van der Waals surface area (Å²) in [7, 11) is 1.63. The second kappa shape index (κ2) is 5.67. The van der Waals surface area contributed by atoms with Crippen LogP contribution >= 0.6 is 0 Å². The zero-order valence-corrected chi connectivity index (χ0v) is 11.0. The predicted octanol–water partition coefficient (Wildman–Crippen LogP) is -1.33. The average Bonchev–Trinajstić information content (AvgIpc) is 3.20. The summed E-state index contributed by atoms with van der Waals surface area (Å²) < 4.78 is 0. The van der Waals surface area contributed by atoms with E-state index < -0.39 is 0 Å². The van der Waals surface area contributed by atoms with Crippen molar-refractivity contribution in [3.05, 3.63) is 0 Å². The Morgan fingerprint density at radius 2 is 2.11 bits per heavy atom. The van der Waals surface area contributed by atoms with Crippen LogP contribution in [0.5, 0.6) is 0 Å². The van der Waals surface area contributed by atoms with Gasteiger partial charge in [0.1, 0.15) is 6.04 Å². The lowest BCUT2D eigenvalue weighted by Crippen LogP contribution is -2.62. The van der Waals surface area contributed by atoms with E-state index in [-0.39, 0.29) is 23.9 Å². The van der Waals surface area contributed by atoms with Gasteiger partial charge in [-0.2, -0.15) is 0 Å². The number of amides is 2. The van der Waals surface area contributed by atoms with Crippen LogP contribution in [0, 0.1) is 0 Å². The van der Waals surface area contributed by atoms with Gasteiger partial charge in [-0.3, -0.25) is 14.5 Å². The molecule has 1 heterocycles. The molecule has 0 aromatic carbocycles. The smallest absolute Gasteiger partial charge is 0.238 e. The monoisotopic (exact) mass is 254 g/mol. The van der Waals surface area contributed by atoms with Gasteiger partial charge in [-0.25, -0.2) is 0 Å². The van der Waals surface area contributed by atoms with Crippen LogP contribution in [-0.2, 0) is 9.59 Å². The third-order valence-electron chi connectivity index (χ3n) is 3.63. The highest BCUT2D eigenvalue weighted by molar-refractivity contribution is 5.85. The van der Waals surface area contributed by atoms with E-state index in [1.807, 2.05) is 11.8 Å². The molecule has 2 rings (SSSR count). The minimum absolute atomic E-state index is 0.0340. The zero-order chi connectivity index (χ0) is 13.1. The Morgan fingerprint density at radius 3 is 2.72 bits per heavy atom. The first kappa shape index (κ1) is 13.3. The molecule has 0 bridgehead atoms. The molecule has 2 fully saturated rings. The van der Waals surface area contributed by atoms with Crippen LogP contribution in [0.25, 0.3) is 0 Å². The molecule has 0 radical (unpaired) electrons. The minimum Gasteiger partial charge on any atom is -0.358 e. The Balaban J connectivity index is 1.97. The van der Waals surface area contributed by atoms with Gasteiger partial charge in [-0.15, -0.1) is 0 Å². The first-order chi connectivity index (χ1) is 8.63. The van der Waals surface area contributed by atoms with Crippen LogP contribution in [0.15, 0.2) is 0 Å². The third kappa shape index (κ3) is 3.00. The van der Waals surface area contributed by atoms with Gasteiger partial charge in [0.15, 0.2) is 0 Å². The molecule has 102 valence electrons. The summed E-state index contributed by atoms with van der Waals surface area (Å²) in [6.45, 7) is 4.01. The third-order valence-corrected chi connectivity index (χ3v) is 3.63. The second-order valence-electron chi connectivity index (χ2n) is 5.03. The molecular formula is C12H22N4O2. The van der Waals surface area contributed by atoms with Gasteiger partial charge in [0.25, 0.3) is 0 Å². The van der Waals surface area contributed by atoms with Crippen LogP contribution in [0.1, 0.15) is 19.8 Å². The van der Waals surface area contributed by atoms with Crippen LogP contribution in [0.4, 0.5) is 0 Å². The predicted molar refractivity (Wildman–Crippen MR) is 68.1 cm³/mol. The van der Waals surface area contributed by atoms with E-state index in [0.717, 1.165) is 25.9 Å². The Labute approximate surface area is 107 Å². The van der Waals surface area contributed by atoms with Crippen molar-refractivity contribution in [2.75, 3.05) is 26.7 Å². The Kier molecular flexibility index (Phi) is 4.19. The van der Waals surface area contributed by atoms with Crippen molar-refractivity contribution in [3.8, 4) is 0 Å². The highest BCUT2D eigenvalue weighted by Gasteiger charge is 2.35. The molecule has 0 aromatic rings. The van der Waals surface area contributed by atoms with E-state index in [0.29, 0.717) is 12.6 Å². The van der Waals surface area contributed by atoms with Crippen LogP contribution in [0.2, 0.25) is 0 Å². The molecule has 2 atom stereocenters. The molecule has 6 nitrogen and oxygen atoms in total. The van der Waals surface area contributed by atoms with E-state index in [2.05, 4.69) is 16.0 Å². The number of likely N-dealkylation sites (N-methyl/N-ethyl adjacent to an activating group) is 1. The lowest BCUT2D eigenvalue weighted by atomic mass is 10.1. The minimum atomic E-state index is -0.260. The molecule has 0 aromatic heterocycles. The van der Waals surface area contributed by atoms with Crippen molar-refractivity contribution >= 4 is 11.8 Å². The first-order valence-electron chi connectivity index (χ1n) is 6.62. The van der Waals surface area contributed by atoms with E-state index in [9.17, 15) is 9.59 Å². The topological polar surface area (TPSA) is 73.5 Å². The molecule has 3 N–H and O–H groups in total. The largest absolute Gasteiger partial charge is 0.358 e. The summed E-state index contributed by atoms with van der Waals surface area (Å²) in [6, 6.07) is -0.153. The average molecular weight is 254 g/mol. The van der Waals surface area contributed by atoms with E-state index >= 15 is 0 Å². The SMILES string of the molecule is CNC(=O)C1CNCCN1C(C)C(=O)NC1CC1. The number of rotatable bonds is 4. The van der Waals surface area contributed by atoms with Crippen LogP contribution < -0.4 is 16.0 Å². The molecule has 1 saturated heterocycles. The van der Waals surface area contributed by atoms with Gasteiger partial charge in [-0.05, 0) is 19.8 Å². The number of carbonyl (C=O) groups excluding carboxylic acids is 2. The van der Waals surface area contributed by atoms with Crippen molar-refractivity contribution in [2.45, 2.75) is 37.9 Å². The van der Waals surface area contributed by atoms with Crippen LogP contribution in [-0.4, -0.2) is 61.5 Å². The quantitative estimate of drug-likeness (QED) is 0.581. The van der Waals surface area contributed by atoms with E-state index in [1.165, 1.54) is 0 Å². The fourth-order valence-electron chi connectivity index (χ4n) is 2.29. The summed E-state index contributed by atoms with van der Waals surface area (Å²) in [5.74, 6) is 0.00146. The zero-order valence-electron chi connectivity index (χ0n) is 11.0. The fourth-order valence-corrected chi connectivity index (χ4v) is 2.29. The molecule has 1 aliphatic carbocycles. The lowest BCUT2D eigenvalue weighted by Gasteiger charge is -2.38. The van der Waals surface area contributed by atoms with Gasteiger partial charge < -0.3 is 16.0 Å². The lowest BCUT2D eigenvalue weighted by molar-refractivity contribution is -0.132. The Morgan fingerprint density at radius 1 is 1.39 bits per heavy atom. The molecular weight excluding hydrogens is 232 g/mol. The number of piperazine rings is 1. The maximum absolute atomic E-state index is 12.0. The molecule has 2 unspecified atom stereocenters. The second-order valence-corrected chi connectivity index (χ2v) is 5.03. The first-order valence-corrected chi connectivity index (χ1v) is 6.62. The highest BCUT2D eigenvalue weighted by Crippen LogP contribution is 2.19. The maximum atomic E-state index is 12.0. The number of hydrogen-bond donors (Lipinski definition) is 3. The van der Waals surface area contributed by atoms with Gasteiger partial charge in [0, 0.05) is 32.7 Å². The van der Waals surface area contributed by atoms with Gasteiger partial charge in [0.2, 0.25) is 11.8 Å². The maximum Gasteiger partial charge on any atom is 0.238 e. The van der Waals surface area contributed by atoms with Crippen molar-refractivity contribution < 1.29 is 9.59 Å². The summed E-state index contributed by atoms with van der Waals surface area (Å²) in [6.07, 6.45) is 2.16. The number of hydrogen-bond acceptors (Lipinski definition) is 4. The normalized spacial score (nSPS) is 26.4. The molecule has 18 heavy (non-hydrogen) atoms. The molecule has 2 amide bonds. The Bertz CT molecular complexity index is 330. The van der Waals surface area contributed by atoms with Crippen molar-refractivity contribution in [1.82, 2.24) is 20.9 Å². The van der Waals surface area contributed by atoms with Gasteiger partial charge in [-0.1, -0.05) is 0 Å². The molecule has 0 spiro atoms. The number of nitrogens with zero attached hydrogens (tertiary/aromatic N) is 1. The fraction of sp³-hybridized carbons (Fsp3) is 0.833. The molecule has 6 heteroatoms. The standard InChI is InChI=1S/C12H22N4O2/c1-8(11(17)15-9-3-4-9)16-6-5-14-7-10(16)12(18)13-2/h8-10,14H,3-7H2,1-2H3,(H,13,18)(H,15,17). The van der Waals surface area contributed by atoms with E-state index in [1.54, 1.807) is 7.05 Å². The molecule has 2 aliphatic rings. The molecule has 1 saturated carbocycles. The van der Waals surface area contributed by atoms with Crippen LogP contribution in [0.3, 0.4) is 0 Å². The molecule has 1 aliphatic heterocycles.